The molecule has 0 radical (unpaired) electrons. The van der Waals surface area contributed by atoms with E-state index >= 15 is 0 Å². The predicted octanol–water partition coefficient (Wildman–Crippen LogP) is 4.96. The molecule has 0 aromatic heterocycles. The molecule has 0 saturated carbocycles. The molecule has 0 saturated heterocycles. The van der Waals surface area contributed by atoms with Crippen LogP contribution in [0.25, 0.3) is 0 Å². The van der Waals surface area contributed by atoms with Crippen molar-refractivity contribution in [2.45, 2.75) is 90.3 Å². The Morgan fingerprint density at radius 2 is 1.35 bits per heavy atom. The van der Waals surface area contributed by atoms with Crippen molar-refractivity contribution >= 4 is 22.6 Å². The maximum absolute atomic E-state index is 11.7. The van der Waals surface area contributed by atoms with Crippen LogP contribution in [0.3, 0.4) is 0 Å². The van der Waals surface area contributed by atoms with E-state index in [4.69, 9.17) is 13.6 Å². The summed E-state index contributed by atoms with van der Waals surface area (Å²) in [6.07, 6.45) is 0.00919. The van der Waals surface area contributed by atoms with E-state index in [0.717, 1.165) is 0 Å². The Morgan fingerprint density at radius 1 is 0.913 bits per heavy atom. The number of hydrogen-bond donors (Lipinski definition) is 0. The minimum absolute atomic E-state index is 0.0956. The van der Waals surface area contributed by atoms with Crippen molar-refractivity contribution in [1.82, 2.24) is 0 Å². The molecule has 0 aliphatic heterocycles. The molecule has 0 aromatic rings. The van der Waals surface area contributed by atoms with E-state index in [1.54, 1.807) is 0 Å². The monoisotopic (exact) mass is 362 g/mol. The number of carbonyl (C=O) groups excluding carboxylic acids is 1. The molecule has 0 aromatic carbocycles. The van der Waals surface area contributed by atoms with Gasteiger partial charge in [-0.25, -0.2) is 0 Å². The van der Waals surface area contributed by atoms with Crippen molar-refractivity contribution in [3.8, 4) is 0 Å². The summed E-state index contributed by atoms with van der Waals surface area (Å²) >= 11 is 0. The van der Waals surface area contributed by atoms with Gasteiger partial charge >= 0.3 is 5.97 Å². The molecule has 0 amide bonds. The Kier molecular flexibility index (Phi) is 7.74. The zero-order valence-corrected chi connectivity index (χ0v) is 19.1. The van der Waals surface area contributed by atoms with Gasteiger partial charge in [0.05, 0.1) is 26.2 Å². The van der Waals surface area contributed by atoms with Gasteiger partial charge in [0.1, 0.15) is 0 Å². The number of ether oxygens (including phenoxy) is 1. The van der Waals surface area contributed by atoms with Crippen LogP contribution in [0.4, 0.5) is 0 Å². The molecule has 0 aliphatic carbocycles. The van der Waals surface area contributed by atoms with E-state index in [0.29, 0.717) is 6.61 Å². The van der Waals surface area contributed by atoms with Crippen molar-refractivity contribution in [2.24, 2.45) is 0 Å². The maximum atomic E-state index is 11.7. The predicted molar refractivity (Wildman–Crippen MR) is 102 cm³/mol. The van der Waals surface area contributed by atoms with Gasteiger partial charge in [-0.3, -0.25) is 4.79 Å². The standard InChI is InChI=1S/C17H38O4Si2/c1-16(2,3)22(8,9)20-13-14(12-15(18)19-7)21-23(10,11)17(4,5)6/h14H,12-13H2,1-11H3. The van der Waals surface area contributed by atoms with Gasteiger partial charge < -0.3 is 13.6 Å². The second-order valence-electron chi connectivity index (χ2n) is 9.35. The molecule has 1 atom stereocenters. The van der Waals surface area contributed by atoms with Crippen LogP contribution in [-0.2, 0) is 18.4 Å². The first-order chi connectivity index (χ1) is 10.0. The minimum Gasteiger partial charge on any atom is -0.469 e. The summed E-state index contributed by atoms with van der Waals surface area (Å²) in [5, 5.41) is 0.234. The average Bonchev–Trinajstić information content (AvgIpc) is 2.32. The Hall–Kier alpha value is -0.176. The van der Waals surface area contributed by atoms with Crippen molar-refractivity contribution in [3.05, 3.63) is 0 Å². The molecule has 4 nitrogen and oxygen atoms in total. The summed E-state index contributed by atoms with van der Waals surface area (Å²) in [6.45, 7) is 22.5. The van der Waals surface area contributed by atoms with Crippen LogP contribution in [0.5, 0.6) is 0 Å². The summed E-state index contributed by atoms with van der Waals surface area (Å²) in [4.78, 5) is 11.7. The number of methoxy groups -OCH3 is 1. The quantitative estimate of drug-likeness (QED) is 0.474. The topological polar surface area (TPSA) is 44.8 Å². The molecule has 138 valence electrons. The lowest BCUT2D eigenvalue weighted by atomic mass is 10.2. The largest absolute Gasteiger partial charge is 0.469 e. The van der Waals surface area contributed by atoms with Crippen molar-refractivity contribution in [1.29, 1.82) is 0 Å². The molecule has 0 bridgehead atoms. The fourth-order valence-electron chi connectivity index (χ4n) is 1.52. The zero-order chi connectivity index (χ0) is 18.7. The molecule has 23 heavy (non-hydrogen) atoms. The van der Waals surface area contributed by atoms with Crippen LogP contribution in [0, 0.1) is 0 Å². The van der Waals surface area contributed by atoms with Gasteiger partial charge in [-0.1, -0.05) is 41.5 Å². The van der Waals surface area contributed by atoms with Gasteiger partial charge in [-0.15, -0.1) is 0 Å². The Bertz CT molecular complexity index is 392. The van der Waals surface area contributed by atoms with Gasteiger partial charge in [0.25, 0.3) is 0 Å². The van der Waals surface area contributed by atoms with Gasteiger partial charge in [0.15, 0.2) is 16.6 Å². The van der Waals surface area contributed by atoms with E-state index in [9.17, 15) is 4.79 Å². The summed E-state index contributed by atoms with van der Waals surface area (Å²) in [7, 11) is -2.41. The molecule has 6 heteroatoms. The van der Waals surface area contributed by atoms with E-state index < -0.39 is 16.6 Å². The molecule has 0 rings (SSSR count). The second kappa shape index (κ2) is 7.80. The highest BCUT2D eigenvalue weighted by molar-refractivity contribution is 6.74. The number of carbonyl (C=O) groups is 1. The smallest absolute Gasteiger partial charge is 0.308 e. The van der Waals surface area contributed by atoms with Gasteiger partial charge in [0, 0.05) is 0 Å². The van der Waals surface area contributed by atoms with Crippen LogP contribution < -0.4 is 0 Å². The zero-order valence-electron chi connectivity index (χ0n) is 17.1. The van der Waals surface area contributed by atoms with E-state index in [2.05, 4.69) is 67.7 Å². The highest BCUT2D eigenvalue weighted by Crippen LogP contribution is 2.39. The molecule has 0 N–H and O–H groups in total. The van der Waals surface area contributed by atoms with Crippen LogP contribution >= 0.6 is 0 Å². The van der Waals surface area contributed by atoms with Gasteiger partial charge in [-0.05, 0) is 36.3 Å². The molecule has 1 unspecified atom stereocenters. The number of hydrogen-bond acceptors (Lipinski definition) is 4. The first-order valence-electron chi connectivity index (χ1n) is 8.42. The normalized spacial score (nSPS) is 15.4. The SMILES string of the molecule is COC(=O)CC(CO[Si](C)(C)C(C)(C)C)O[Si](C)(C)C(C)(C)C. The van der Waals surface area contributed by atoms with Crippen molar-refractivity contribution in [2.75, 3.05) is 13.7 Å². The van der Waals surface area contributed by atoms with Gasteiger partial charge in [0.2, 0.25) is 0 Å². The average molecular weight is 363 g/mol. The molecule has 0 aliphatic rings. The lowest BCUT2D eigenvalue weighted by Gasteiger charge is -2.41. The first-order valence-corrected chi connectivity index (χ1v) is 14.2. The fraction of sp³-hybridized carbons (Fsp3) is 0.941. The fourth-order valence-corrected chi connectivity index (χ4v) is 3.89. The van der Waals surface area contributed by atoms with Crippen LogP contribution in [-0.4, -0.2) is 42.4 Å². The Labute approximate surface area is 145 Å². The van der Waals surface area contributed by atoms with Crippen LogP contribution in [0.2, 0.25) is 36.3 Å². The maximum Gasteiger partial charge on any atom is 0.308 e. The third-order valence-corrected chi connectivity index (χ3v) is 14.4. The summed E-state index contributed by atoms with van der Waals surface area (Å²) in [6, 6.07) is 0. The summed E-state index contributed by atoms with van der Waals surface area (Å²) in [5.74, 6) is -0.243. The Balaban J connectivity index is 5.08. The lowest BCUT2D eigenvalue weighted by Crippen LogP contribution is -2.48. The van der Waals surface area contributed by atoms with Crippen LogP contribution in [0.1, 0.15) is 48.0 Å². The molecule has 0 fully saturated rings. The van der Waals surface area contributed by atoms with E-state index in [1.807, 2.05) is 0 Å². The van der Waals surface area contributed by atoms with Crippen LogP contribution in [0.15, 0.2) is 0 Å². The highest BCUT2D eigenvalue weighted by atomic mass is 28.4. The van der Waals surface area contributed by atoms with E-state index in [-0.39, 0.29) is 28.6 Å². The summed E-state index contributed by atoms with van der Waals surface area (Å²) in [5.41, 5.74) is 0. The number of rotatable bonds is 7. The lowest BCUT2D eigenvalue weighted by molar-refractivity contribution is -0.143. The summed E-state index contributed by atoms with van der Waals surface area (Å²) < 4.78 is 17.5. The second-order valence-corrected chi connectivity index (χ2v) is 18.9. The van der Waals surface area contributed by atoms with E-state index in [1.165, 1.54) is 7.11 Å². The first kappa shape index (κ1) is 22.8. The minimum atomic E-state index is -1.96. The molecule has 0 heterocycles. The molecular weight excluding hydrogens is 324 g/mol. The van der Waals surface area contributed by atoms with Crippen molar-refractivity contribution < 1.29 is 18.4 Å². The molecule has 0 spiro atoms. The third-order valence-electron chi connectivity index (χ3n) is 5.33. The highest BCUT2D eigenvalue weighted by Gasteiger charge is 2.41. The number of esters is 1. The third kappa shape index (κ3) is 7.07. The van der Waals surface area contributed by atoms with Crippen molar-refractivity contribution in [3.63, 3.8) is 0 Å². The molecular formula is C17H38O4Si2. The van der Waals surface area contributed by atoms with Gasteiger partial charge in [-0.2, -0.15) is 0 Å². The Morgan fingerprint density at radius 3 is 1.70 bits per heavy atom.